The Labute approximate surface area is 127 Å². The molecular formula is C17H27N2O2+. The Morgan fingerprint density at radius 1 is 1.48 bits per heavy atom. The molecule has 4 nitrogen and oxygen atoms in total. The van der Waals surface area contributed by atoms with E-state index in [4.69, 9.17) is 4.74 Å². The number of hydrogen-bond donors (Lipinski definition) is 2. The van der Waals surface area contributed by atoms with Crippen molar-refractivity contribution in [2.45, 2.75) is 39.7 Å². The van der Waals surface area contributed by atoms with Crippen LogP contribution in [0.3, 0.4) is 0 Å². The SMILES string of the molecule is COc1ccc(C)cc1NC(=O)[C@@H](C)[NH+]1CCC[C@H](C)C1. The highest BCUT2D eigenvalue weighted by molar-refractivity contribution is 5.95. The number of carbonyl (C=O) groups excluding carboxylic acids is 1. The van der Waals surface area contributed by atoms with Crippen LogP contribution in [0.5, 0.6) is 5.75 Å². The molecule has 0 saturated carbocycles. The van der Waals surface area contributed by atoms with Crippen molar-refractivity contribution < 1.29 is 14.4 Å². The maximum absolute atomic E-state index is 12.5. The molecule has 3 atom stereocenters. The van der Waals surface area contributed by atoms with Gasteiger partial charge in [0, 0.05) is 5.92 Å². The van der Waals surface area contributed by atoms with Crippen molar-refractivity contribution in [1.29, 1.82) is 0 Å². The minimum atomic E-state index is -0.0297. The van der Waals surface area contributed by atoms with E-state index in [9.17, 15) is 4.79 Å². The Morgan fingerprint density at radius 3 is 2.90 bits per heavy atom. The number of anilines is 1. The van der Waals surface area contributed by atoms with Gasteiger partial charge in [-0.3, -0.25) is 4.79 Å². The van der Waals surface area contributed by atoms with E-state index >= 15 is 0 Å². The van der Waals surface area contributed by atoms with E-state index in [1.54, 1.807) is 7.11 Å². The molecule has 1 fully saturated rings. The highest BCUT2D eigenvalue weighted by Gasteiger charge is 2.29. The Bertz CT molecular complexity index is 502. The highest BCUT2D eigenvalue weighted by atomic mass is 16.5. The van der Waals surface area contributed by atoms with Crippen LogP contribution in [0.2, 0.25) is 0 Å². The number of nitrogens with one attached hydrogen (secondary N) is 2. The summed E-state index contributed by atoms with van der Waals surface area (Å²) >= 11 is 0. The first-order chi connectivity index (χ1) is 10.0. The number of likely N-dealkylation sites (tertiary alicyclic amines) is 1. The molecule has 1 aliphatic heterocycles. The second-order valence-corrected chi connectivity index (χ2v) is 6.27. The third-order valence-electron chi connectivity index (χ3n) is 4.42. The van der Waals surface area contributed by atoms with E-state index in [-0.39, 0.29) is 11.9 Å². The molecule has 1 saturated heterocycles. The van der Waals surface area contributed by atoms with Crippen LogP contribution < -0.4 is 15.0 Å². The van der Waals surface area contributed by atoms with Crippen molar-refractivity contribution in [3.05, 3.63) is 23.8 Å². The Morgan fingerprint density at radius 2 is 2.24 bits per heavy atom. The summed E-state index contributed by atoms with van der Waals surface area (Å²) in [5.41, 5.74) is 1.87. The number of methoxy groups -OCH3 is 1. The second kappa shape index (κ2) is 6.94. The zero-order valence-corrected chi connectivity index (χ0v) is 13.5. The number of ether oxygens (including phenoxy) is 1. The number of quaternary nitrogens is 1. The summed E-state index contributed by atoms with van der Waals surface area (Å²) in [5, 5.41) is 3.03. The maximum Gasteiger partial charge on any atom is 0.282 e. The normalized spacial score (nSPS) is 23.4. The van der Waals surface area contributed by atoms with Crippen LogP contribution >= 0.6 is 0 Å². The van der Waals surface area contributed by atoms with Crippen molar-refractivity contribution in [1.82, 2.24) is 0 Å². The van der Waals surface area contributed by atoms with Gasteiger partial charge in [-0.1, -0.05) is 13.0 Å². The van der Waals surface area contributed by atoms with E-state index in [1.807, 2.05) is 32.0 Å². The summed E-state index contributed by atoms with van der Waals surface area (Å²) in [5.74, 6) is 1.49. The predicted octanol–water partition coefficient (Wildman–Crippen LogP) is 1.65. The van der Waals surface area contributed by atoms with Crippen LogP contribution in [0.25, 0.3) is 0 Å². The summed E-state index contributed by atoms with van der Waals surface area (Å²) in [4.78, 5) is 13.9. The van der Waals surface area contributed by atoms with Gasteiger partial charge in [0.1, 0.15) is 5.75 Å². The fraction of sp³-hybridized carbons (Fsp3) is 0.588. The molecule has 0 aromatic heterocycles. The summed E-state index contributed by atoms with van der Waals surface area (Å²) < 4.78 is 5.32. The summed E-state index contributed by atoms with van der Waals surface area (Å²) in [6, 6.07) is 5.80. The van der Waals surface area contributed by atoms with Gasteiger partial charge >= 0.3 is 0 Å². The average Bonchev–Trinajstić information content (AvgIpc) is 2.46. The molecule has 116 valence electrons. The molecule has 2 rings (SSSR count). The fourth-order valence-electron chi connectivity index (χ4n) is 3.07. The molecule has 0 aliphatic carbocycles. The number of benzene rings is 1. The second-order valence-electron chi connectivity index (χ2n) is 6.27. The molecular weight excluding hydrogens is 264 g/mol. The molecule has 0 radical (unpaired) electrons. The van der Waals surface area contributed by atoms with Gasteiger partial charge in [0.2, 0.25) is 0 Å². The number of rotatable bonds is 4. The van der Waals surface area contributed by atoms with E-state index in [2.05, 4.69) is 12.2 Å². The van der Waals surface area contributed by atoms with Crippen molar-refractivity contribution in [3.63, 3.8) is 0 Å². The predicted molar refractivity (Wildman–Crippen MR) is 84.9 cm³/mol. The van der Waals surface area contributed by atoms with Gasteiger partial charge in [0.15, 0.2) is 6.04 Å². The van der Waals surface area contributed by atoms with Crippen molar-refractivity contribution in [2.75, 3.05) is 25.5 Å². The fourth-order valence-corrected chi connectivity index (χ4v) is 3.07. The zero-order chi connectivity index (χ0) is 15.4. The van der Waals surface area contributed by atoms with Crippen LogP contribution in [0.15, 0.2) is 18.2 Å². The molecule has 1 aliphatic rings. The van der Waals surface area contributed by atoms with Crippen LogP contribution in [0.4, 0.5) is 5.69 Å². The minimum absolute atomic E-state index is 0.0297. The minimum Gasteiger partial charge on any atom is -0.495 e. The first-order valence-electron chi connectivity index (χ1n) is 7.81. The largest absolute Gasteiger partial charge is 0.495 e. The van der Waals surface area contributed by atoms with Gasteiger partial charge in [-0.2, -0.15) is 0 Å². The maximum atomic E-state index is 12.5. The third-order valence-corrected chi connectivity index (χ3v) is 4.42. The number of carbonyl (C=O) groups is 1. The molecule has 2 N–H and O–H groups in total. The van der Waals surface area contributed by atoms with Gasteiger partial charge in [-0.05, 0) is 44.4 Å². The Hall–Kier alpha value is -1.55. The van der Waals surface area contributed by atoms with Crippen LogP contribution in [0, 0.1) is 12.8 Å². The van der Waals surface area contributed by atoms with Gasteiger partial charge in [0.25, 0.3) is 5.91 Å². The number of hydrogen-bond acceptors (Lipinski definition) is 2. The summed E-state index contributed by atoms with van der Waals surface area (Å²) in [6.07, 6.45) is 2.49. The first kappa shape index (κ1) is 15.8. The standard InChI is InChI=1S/C17H26N2O2/c1-12-7-8-16(21-4)15(10-12)18-17(20)14(3)19-9-5-6-13(2)11-19/h7-8,10,13-14H,5-6,9,11H2,1-4H3,(H,18,20)/p+1/t13-,14+/m0/s1. The molecule has 1 heterocycles. The lowest BCUT2D eigenvalue weighted by atomic mass is 9.99. The lowest BCUT2D eigenvalue weighted by Crippen LogP contribution is -3.17. The van der Waals surface area contributed by atoms with Crippen molar-refractivity contribution in [3.8, 4) is 5.75 Å². The van der Waals surface area contributed by atoms with E-state index in [0.29, 0.717) is 11.7 Å². The van der Waals surface area contributed by atoms with Crippen LogP contribution in [0.1, 0.15) is 32.3 Å². The molecule has 21 heavy (non-hydrogen) atoms. The highest BCUT2D eigenvalue weighted by Crippen LogP contribution is 2.25. The molecule has 1 aromatic rings. The molecule has 1 aromatic carbocycles. The number of piperidine rings is 1. The van der Waals surface area contributed by atoms with Gasteiger partial charge < -0.3 is 15.0 Å². The lowest BCUT2D eigenvalue weighted by molar-refractivity contribution is -0.922. The third kappa shape index (κ3) is 3.97. The Balaban J connectivity index is 2.05. The van der Waals surface area contributed by atoms with E-state index in [0.717, 1.165) is 24.3 Å². The van der Waals surface area contributed by atoms with Gasteiger partial charge in [-0.25, -0.2) is 0 Å². The molecule has 4 heteroatoms. The summed E-state index contributed by atoms with van der Waals surface area (Å²) in [7, 11) is 1.63. The topological polar surface area (TPSA) is 42.8 Å². The number of aryl methyl sites for hydroxylation is 1. The summed E-state index contributed by atoms with van der Waals surface area (Å²) in [6.45, 7) is 8.47. The van der Waals surface area contributed by atoms with Crippen LogP contribution in [-0.4, -0.2) is 32.1 Å². The quantitative estimate of drug-likeness (QED) is 0.886. The van der Waals surface area contributed by atoms with Crippen molar-refractivity contribution in [2.24, 2.45) is 5.92 Å². The molecule has 0 spiro atoms. The average molecular weight is 291 g/mol. The zero-order valence-electron chi connectivity index (χ0n) is 13.5. The van der Waals surface area contributed by atoms with Crippen molar-refractivity contribution >= 4 is 11.6 Å². The van der Waals surface area contributed by atoms with E-state index in [1.165, 1.54) is 17.7 Å². The van der Waals surface area contributed by atoms with E-state index < -0.39 is 0 Å². The number of amides is 1. The first-order valence-corrected chi connectivity index (χ1v) is 7.81. The molecule has 0 bridgehead atoms. The smallest absolute Gasteiger partial charge is 0.282 e. The van der Waals surface area contributed by atoms with Crippen LogP contribution in [-0.2, 0) is 4.79 Å². The lowest BCUT2D eigenvalue weighted by Gasteiger charge is -2.31. The van der Waals surface area contributed by atoms with Gasteiger partial charge in [0.05, 0.1) is 25.9 Å². The monoisotopic (exact) mass is 291 g/mol. The Kier molecular flexibility index (Phi) is 5.23. The molecule has 1 amide bonds. The van der Waals surface area contributed by atoms with Gasteiger partial charge in [-0.15, -0.1) is 0 Å². The molecule has 1 unspecified atom stereocenters.